The molecule has 5 unspecified atom stereocenters. The number of aliphatic hydroxyl groups excluding tert-OH is 2. The Morgan fingerprint density at radius 1 is 1.05 bits per heavy atom. The topological polar surface area (TPSA) is 152 Å². The van der Waals surface area contributed by atoms with E-state index in [9.17, 15) is 29.4 Å². The van der Waals surface area contributed by atoms with E-state index in [0.29, 0.717) is 39.5 Å². The van der Waals surface area contributed by atoms with Crippen LogP contribution in [0, 0.1) is 34.5 Å². The van der Waals surface area contributed by atoms with Crippen molar-refractivity contribution in [3.63, 3.8) is 0 Å². The first-order chi connectivity index (χ1) is 20.9. The maximum atomic E-state index is 13.0. The zero-order chi connectivity index (χ0) is 31.4. The monoisotopic (exact) mass is 728 g/mol. The number of carbonyl (C=O) groups excluding carboxylic acids is 4. The Bertz CT molecular complexity index is 1210. The van der Waals surface area contributed by atoms with Crippen molar-refractivity contribution in [2.45, 2.75) is 122 Å². The zero-order valence-electron chi connectivity index (χ0n) is 25.5. The summed E-state index contributed by atoms with van der Waals surface area (Å²) in [5.41, 5.74) is 0.170. The Kier molecular flexibility index (Phi) is 9.10. The summed E-state index contributed by atoms with van der Waals surface area (Å²) in [6.07, 6.45) is 6.49. The second kappa shape index (κ2) is 12.4. The highest BCUT2D eigenvalue weighted by molar-refractivity contribution is 14.1. The summed E-state index contributed by atoms with van der Waals surface area (Å²) < 4.78 is 17.9. The Balaban J connectivity index is 0.998. The molecule has 0 aromatic rings. The van der Waals surface area contributed by atoms with E-state index >= 15 is 0 Å². The van der Waals surface area contributed by atoms with Crippen LogP contribution in [0.1, 0.15) is 90.9 Å². The molecule has 3 N–H and O–H groups in total. The molecule has 0 radical (unpaired) electrons. The minimum atomic E-state index is -1.09. The van der Waals surface area contributed by atoms with Gasteiger partial charge in [-0.15, -0.1) is 0 Å². The van der Waals surface area contributed by atoms with Crippen molar-refractivity contribution >= 4 is 46.3 Å². The average Bonchev–Trinajstić information content (AvgIpc) is 3.54. The molecule has 4 saturated carbocycles. The van der Waals surface area contributed by atoms with Crippen LogP contribution in [0.4, 0.5) is 4.79 Å². The number of Topliss-reactive ketones (excluding diaryl/α,β-unsaturated/α-hetero) is 1. The Morgan fingerprint density at radius 2 is 1.77 bits per heavy atom. The lowest BCUT2D eigenvalue weighted by atomic mass is 9.45. The molecule has 2 aliphatic heterocycles. The SMILES string of the molecule is C[C@]12CCC3C(CC[C@H]4CC(=O)CC[C@]34C)[C@@H]1CC[C@@H]2OC(=O)CCC(=O)OC1CC(N2C=C(I)[C@H](O)NC2=O)OC1CO. The quantitative estimate of drug-likeness (QED) is 0.262. The van der Waals surface area contributed by atoms with Gasteiger partial charge in [0, 0.05) is 30.9 Å². The summed E-state index contributed by atoms with van der Waals surface area (Å²) in [4.78, 5) is 51.5. The van der Waals surface area contributed by atoms with Crippen LogP contribution in [0.15, 0.2) is 9.78 Å². The lowest BCUT2D eigenvalue weighted by Gasteiger charge is -2.60. The number of nitrogens with zero attached hydrogens (tertiary/aromatic N) is 1. The number of rotatable bonds is 7. The molecule has 1 saturated heterocycles. The van der Waals surface area contributed by atoms with Gasteiger partial charge in [-0.1, -0.05) is 13.8 Å². The van der Waals surface area contributed by atoms with Crippen LogP contribution < -0.4 is 5.32 Å². The summed E-state index contributed by atoms with van der Waals surface area (Å²) in [5, 5.41) is 22.0. The molecule has 11 atom stereocenters. The number of carbonyl (C=O) groups is 4. The zero-order valence-corrected chi connectivity index (χ0v) is 27.7. The van der Waals surface area contributed by atoms with Crippen molar-refractivity contribution < 1.29 is 43.6 Å². The molecular weight excluding hydrogens is 683 g/mol. The van der Waals surface area contributed by atoms with Crippen LogP contribution >= 0.6 is 22.6 Å². The van der Waals surface area contributed by atoms with E-state index in [2.05, 4.69) is 19.2 Å². The fourth-order valence-corrected chi connectivity index (χ4v) is 10.2. The Hall–Kier alpha value is -1.77. The van der Waals surface area contributed by atoms with Gasteiger partial charge in [0.1, 0.15) is 30.3 Å². The molecule has 4 aliphatic carbocycles. The van der Waals surface area contributed by atoms with Gasteiger partial charge >= 0.3 is 18.0 Å². The molecule has 0 spiro atoms. The number of ether oxygens (including phenoxy) is 3. The number of nitrogens with one attached hydrogen (secondary N) is 1. The van der Waals surface area contributed by atoms with Crippen molar-refractivity contribution in [3.05, 3.63) is 9.78 Å². The summed E-state index contributed by atoms with van der Waals surface area (Å²) in [7, 11) is 0. The van der Waals surface area contributed by atoms with Crippen LogP contribution in [-0.2, 0) is 28.6 Å². The first-order valence-corrected chi connectivity index (χ1v) is 17.3. The molecule has 6 aliphatic rings. The molecule has 244 valence electrons. The van der Waals surface area contributed by atoms with E-state index in [0.717, 1.165) is 51.4 Å². The van der Waals surface area contributed by atoms with E-state index in [4.69, 9.17) is 14.2 Å². The first-order valence-electron chi connectivity index (χ1n) is 16.2. The number of hydrogen-bond acceptors (Lipinski definition) is 9. The largest absolute Gasteiger partial charge is 0.462 e. The van der Waals surface area contributed by atoms with Gasteiger partial charge in [0.2, 0.25) is 0 Å². The number of amides is 2. The molecule has 44 heavy (non-hydrogen) atoms. The lowest BCUT2D eigenvalue weighted by molar-refractivity contribution is -0.167. The number of hydrogen-bond donors (Lipinski definition) is 3. The van der Waals surface area contributed by atoms with Gasteiger partial charge in [-0.2, -0.15) is 0 Å². The number of esters is 2. The fourth-order valence-electron chi connectivity index (χ4n) is 9.74. The van der Waals surface area contributed by atoms with E-state index < -0.39 is 49.2 Å². The Morgan fingerprint density at radius 3 is 2.52 bits per heavy atom. The van der Waals surface area contributed by atoms with Crippen LogP contribution in [-0.4, -0.2) is 76.2 Å². The number of halogens is 1. The maximum absolute atomic E-state index is 13.0. The Labute approximate surface area is 271 Å². The normalized spacial score (nSPS) is 43.3. The van der Waals surface area contributed by atoms with Crippen LogP contribution in [0.2, 0.25) is 0 Å². The third-order valence-corrected chi connectivity index (χ3v) is 13.0. The highest BCUT2D eigenvalue weighted by atomic mass is 127. The third-order valence-electron chi connectivity index (χ3n) is 12.2. The van der Waals surface area contributed by atoms with Crippen LogP contribution in [0.5, 0.6) is 0 Å². The standard InChI is InChI=1S/C32H45IN2O9/c1-31-11-9-18(37)13-17(31)3-4-19-20-5-6-25(32(20,2)12-10-21(19)31)44-28(39)8-7-27(38)43-23-14-26(42-24(23)16-36)35-15-22(33)29(40)34-30(35)41/h15,17,19-21,23-26,29,36,40H,3-14,16H2,1-2H3,(H,34,41)/t17-,19?,20-,21?,23?,24?,25-,26?,29-,31-,32-/m0/s1. The van der Waals surface area contributed by atoms with Crippen molar-refractivity contribution in [2.75, 3.05) is 6.61 Å². The van der Waals surface area contributed by atoms with Gasteiger partial charge in [-0.25, -0.2) is 4.79 Å². The predicted octanol–water partition coefficient (Wildman–Crippen LogP) is 3.93. The minimum Gasteiger partial charge on any atom is -0.462 e. The van der Waals surface area contributed by atoms with E-state index in [-0.39, 0.29) is 36.2 Å². The van der Waals surface area contributed by atoms with Gasteiger partial charge in [0.25, 0.3) is 0 Å². The average molecular weight is 729 g/mol. The van der Waals surface area contributed by atoms with Crippen molar-refractivity contribution in [3.8, 4) is 0 Å². The second-order valence-electron chi connectivity index (χ2n) is 14.3. The molecule has 0 aromatic heterocycles. The van der Waals surface area contributed by atoms with Crippen molar-refractivity contribution in [1.29, 1.82) is 0 Å². The lowest BCUT2D eigenvalue weighted by Crippen LogP contribution is -2.54. The highest BCUT2D eigenvalue weighted by Crippen LogP contribution is 2.66. The summed E-state index contributed by atoms with van der Waals surface area (Å²) in [6.45, 7) is 4.32. The molecule has 0 aromatic carbocycles. The molecule has 0 bridgehead atoms. The summed E-state index contributed by atoms with van der Waals surface area (Å²) >= 11 is 1.91. The molecular formula is C32H45IN2O9. The molecule has 11 nitrogen and oxygen atoms in total. The van der Waals surface area contributed by atoms with Crippen LogP contribution in [0.3, 0.4) is 0 Å². The first kappa shape index (κ1) is 32.2. The highest BCUT2D eigenvalue weighted by Gasteiger charge is 2.61. The van der Waals surface area contributed by atoms with Gasteiger partial charge < -0.3 is 29.7 Å². The summed E-state index contributed by atoms with van der Waals surface area (Å²) in [6, 6.07) is -0.557. The third kappa shape index (κ3) is 5.81. The molecule has 2 amide bonds. The van der Waals surface area contributed by atoms with Gasteiger partial charge in [0.05, 0.1) is 23.0 Å². The predicted molar refractivity (Wildman–Crippen MR) is 165 cm³/mol. The fraction of sp³-hybridized carbons (Fsp3) is 0.812. The van der Waals surface area contributed by atoms with E-state index in [1.807, 2.05) is 22.6 Å². The van der Waals surface area contributed by atoms with E-state index in [1.54, 1.807) is 0 Å². The second-order valence-corrected chi connectivity index (χ2v) is 15.6. The molecule has 2 heterocycles. The maximum Gasteiger partial charge on any atom is 0.325 e. The van der Waals surface area contributed by atoms with Crippen molar-refractivity contribution in [2.24, 2.45) is 34.5 Å². The van der Waals surface area contributed by atoms with Gasteiger partial charge in [-0.05, 0) is 96.6 Å². The number of fused-ring (bicyclic) bond motifs is 5. The molecule has 5 fully saturated rings. The van der Waals surface area contributed by atoms with Crippen LogP contribution in [0.25, 0.3) is 0 Å². The number of ketones is 1. The van der Waals surface area contributed by atoms with Gasteiger partial charge in [-0.3, -0.25) is 19.3 Å². The summed E-state index contributed by atoms with van der Waals surface area (Å²) in [5.74, 6) is 1.70. The smallest absolute Gasteiger partial charge is 0.325 e. The minimum absolute atomic E-state index is 0.0708. The van der Waals surface area contributed by atoms with Crippen molar-refractivity contribution in [1.82, 2.24) is 10.2 Å². The molecule has 12 heteroatoms. The number of aliphatic hydroxyl groups is 2. The molecule has 6 rings (SSSR count). The van der Waals surface area contributed by atoms with Gasteiger partial charge in [0.15, 0.2) is 6.23 Å². The number of urea groups is 1. The van der Waals surface area contributed by atoms with E-state index in [1.165, 1.54) is 11.1 Å².